The number of hydrogen-bond donors (Lipinski definition) is 1. The van der Waals surface area contributed by atoms with Crippen LogP contribution in [0.3, 0.4) is 0 Å². The lowest BCUT2D eigenvalue weighted by Gasteiger charge is -2.20. The minimum atomic E-state index is -0.771. The number of thioether (sulfide) groups is 1. The van der Waals surface area contributed by atoms with Crippen LogP contribution in [0.1, 0.15) is 27.3 Å². The quantitative estimate of drug-likeness (QED) is 0.725. The van der Waals surface area contributed by atoms with Crippen LogP contribution in [0.2, 0.25) is 0 Å². The van der Waals surface area contributed by atoms with Crippen molar-refractivity contribution in [3.63, 3.8) is 0 Å². The third-order valence-electron chi connectivity index (χ3n) is 4.67. The summed E-state index contributed by atoms with van der Waals surface area (Å²) >= 11 is 3.05. The number of thiophene rings is 1. The van der Waals surface area contributed by atoms with E-state index in [2.05, 4.69) is 16.5 Å². The summed E-state index contributed by atoms with van der Waals surface area (Å²) in [5.41, 5.74) is 1.01. The van der Waals surface area contributed by atoms with Crippen LogP contribution in [0, 0.1) is 24.1 Å². The number of nitrogens with one attached hydrogen (secondary N) is 1. The molecule has 0 unspecified atom stereocenters. The molecular weight excluding hydrogens is 383 g/mol. The average molecular weight is 401 g/mol. The molecule has 2 aromatic heterocycles. The predicted octanol–water partition coefficient (Wildman–Crippen LogP) is 3.72. The molecule has 27 heavy (non-hydrogen) atoms. The lowest BCUT2D eigenvalue weighted by Crippen LogP contribution is -2.47. The van der Waals surface area contributed by atoms with E-state index in [1.54, 1.807) is 23.9 Å². The van der Waals surface area contributed by atoms with E-state index in [9.17, 15) is 14.4 Å². The number of carbonyl (C=O) groups excluding carboxylic acids is 1. The zero-order valence-corrected chi connectivity index (χ0v) is 16.3. The second kappa shape index (κ2) is 6.98. The molecule has 8 heteroatoms. The second-order valence-electron chi connectivity index (χ2n) is 6.65. The van der Waals surface area contributed by atoms with Crippen LogP contribution >= 0.6 is 23.1 Å². The van der Waals surface area contributed by atoms with Gasteiger partial charge < -0.3 is 5.32 Å². The van der Waals surface area contributed by atoms with Crippen molar-refractivity contribution < 1.29 is 9.18 Å². The SMILES string of the molecule is Cc1nn(Cc2ccc(F)cc2)c2sc(C(=O)N[C@@]3(C#N)CCSC3)cc12. The molecule has 1 aromatic carbocycles. The molecule has 1 saturated heterocycles. The fraction of sp³-hybridized carbons (Fsp3) is 0.316. The van der Waals surface area contributed by atoms with Crippen LogP contribution in [0.25, 0.3) is 10.2 Å². The first-order valence-electron chi connectivity index (χ1n) is 8.53. The van der Waals surface area contributed by atoms with Gasteiger partial charge in [0.2, 0.25) is 0 Å². The summed E-state index contributed by atoms with van der Waals surface area (Å²) in [5.74, 6) is 1.02. The molecule has 1 atom stereocenters. The van der Waals surface area contributed by atoms with E-state index in [4.69, 9.17) is 0 Å². The molecule has 1 aliphatic heterocycles. The number of fused-ring (bicyclic) bond motifs is 1. The zero-order chi connectivity index (χ0) is 19.0. The number of hydrogen-bond acceptors (Lipinski definition) is 5. The Labute approximate surface area is 164 Å². The van der Waals surface area contributed by atoms with Gasteiger partial charge in [0.05, 0.1) is 23.2 Å². The summed E-state index contributed by atoms with van der Waals surface area (Å²) < 4.78 is 15.0. The maximum atomic E-state index is 13.1. The Morgan fingerprint density at radius 2 is 2.22 bits per heavy atom. The summed E-state index contributed by atoms with van der Waals surface area (Å²) in [5, 5.41) is 17.9. The van der Waals surface area contributed by atoms with E-state index in [0.29, 0.717) is 23.6 Å². The molecule has 1 fully saturated rings. The number of halogens is 1. The second-order valence-corrected chi connectivity index (χ2v) is 8.79. The van der Waals surface area contributed by atoms with Gasteiger partial charge in [0, 0.05) is 11.1 Å². The molecule has 1 N–H and O–H groups in total. The van der Waals surface area contributed by atoms with Gasteiger partial charge in [-0.05, 0) is 42.9 Å². The molecular formula is C19H17FN4OS2. The van der Waals surface area contributed by atoms with Gasteiger partial charge in [0.15, 0.2) is 0 Å². The maximum absolute atomic E-state index is 13.1. The summed E-state index contributed by atoms with van der Waals surface area (Å²) in [6, 6.07) is 10.4. The van der Waals surface area contributed by atoms with Crippen LogP contribution in [0.4, 0.5) is 4.39 Å². The molecule has 0 bridgehead atoms. The molecule has 0 saturated carbocycles. The monoisotopic (exact) mass is 400 g/mol. The van der Waals surface area contributed by atoms with Crippen molar-refractivity contribution >= 4 is 39.2 Å². The predicted molar refractivity (Wildman–Crippen MR) is 106 cm³/mol. The number of carbonyl (C=O) groups is 1. The van der Waals surface area contributed by atoms with Gasteiger partial charge in [0.1, 0.15) is 16.2 Å². The Hall–Kier alpha value is -2.37. The van der Waals surface area contributed by atoms with Crippen molar-refractivity contribution in [1.82, 2.24) is 15.1 Å². The van der Waals surface area contributed by atoms with Crippen LogP contribution < -0.4 is 5.32 Å². The third-order valence-corrected chi connectivity index (χ3v) is 7.00. The fourth-order valence-corrected chi connectivity index (χ4v) is 5.48. The van der Waals surface area contributed by atoms with Crippen LogP contribution in [-0.4, -0.2) is 32.7 Å². The number of amides is 1. The van der Waals surface area contributed by atoms with Crippen LogP contribution in [0.15, 0.2) is 30.3 Å². The largest absolute Gasteiger partial charge is 0.332 e. The highest BCUT2D eigenvalue weighted by Crippen LogP contribution is 2.31. The lowest BCUT2D eigenvalue weighted by molar-refractivity contribution is 0.0930. The Balaban J connectivity index is 1.61. The molecule has 3 heterocycles. The van der Waals surface area contributed by atoms with Gasteiger partial charge in [0.25, 0.3) is 5.91 Å². The van der Waals surface area contributed by atoms with Crippen LogP contribution in [0.5, 0.6) is 0 Å². The minimum Gasteiger partial charge on any atom is -0.332 e. The molecule has 138 valence electrons. The fourth-order valence-electron chi connectivity index (χ4n) is 3.15. The summed E-state index contributed by atoms with van der Waals surface area (Å²) in [4.78, 5) is 14.2. The number of nitrogens with zero attached hydrogens (tertiary/aromatic N) is 3. The summed E-state index contributed by atoms with van der Waals surface area (Å²) in [6.07, 6.45) is 0.669. The van der Waals surface area contributed by atoms with Crippen molar-refractivity contribution in [3.05, 3.63) is 52.3 Å². The maximum Gasteiger partial charge on any atom is 0.262 e. The average Bonchev–Trinajstić information content (AvgIpc) is 3.35. The van der Waals surface area contributed by atoms with Gasteiger partial charge in [-0.1, -0.05) is 12.1 Å². The summed E-state index contributed by atoms with van der Waals surface area (Å²) in [7, 11) is 0. The molecule has 4 rings (SSSR count). The molecule has 0 spiro atoms. The Kier molecular flexibility index (Phi) is 4.66. The van der Waals surface area contributed by atoms with Gasteiger partial charge in [-0.2, -0.15) is 22.1 Å². The number of nitriles is 1. The van der Waals surface area contributed by atoms with Crippen molar-refractivity contribution in [2.75, 3.05) is 11.5 Å². The van der Waals surface area contributed by atoms with Crippen molar-refractivity contribution in [1.29, 1.82) is 5.26 Å². The number of aryl methyl sites for hydroxylation is 1. The number of benzene rings is 1. The first kappa shape index (κ1) is 18.0. The van der Waals surface area contributed by atoms with Gasteiger partial charge in [-0.15, -0.1) is 11.3 Å². The Morgan fingerprint density at radius 3 is 2.89 bits per heavy atom. The minimum absolute atomic E-state index is 0.215. The number of rotatable bonds is 4. The van der Waals surface area contributed by atoms with Gasteiger partial charge >= 0.3 is 0 Å². The Morgan fingerprint density at radius 1 is 1.44 bits per heavy atom. The molecule has 1 amide bonds. The third kappa shape index (κ3) is 3.45. The smallest absolute Gasteiger partial charge is 0.262 e. The van der Waals surface area contributed by atoms with Crippen molar-refractivity contribution in [3.8, 4) is 6.07 Å². The first-order chi connectivity index (χ1) is 13.0. The highest BCUT2D eigenvalue weighted by atomic mass is 32.2. The van der Waals surface area contributed by atoms with Crippen molar-refractivity contribution in [2.24, 2.45) is 0 Å². The molecule has 5 nitrogen and oxygen atoms in total. The molecule has 0 aliphatic carbocycles. The van der Waals surface area contributed by atoms with Crippen molar-refractivity contribution in [2.45, 2.75) is 25.4 Å². The topological polar surface area (TPSA) is 70.7 Å². The normalized spacial score (nSPS) is 19.3. The van der Waals surface area contributed by atoms with Gasteiger partial charge in [-0.25, -0.2) is 4.39 Å². The Bertz CT molecular complexity index is 1040. The summed E-state index contributed by atoms with van der Waals surface area (Å²) in [6.45, 7) is 2.41. The van der Waals surface area contributed by atoms with E-state index < -0.39 is 5.54 Å². The highest BCUT2D eigenvalue weighted by molar-refractivity contribution is 7.99. The van der Waals surface area contributed by atoms with E-state index in [1.807, 2.05) is 17.7 Å². The highest BCUT2D eigenvalue weighted by Gasteiger charge is 2.36. The van der Waals surface area contributed by atoms with E-state index >= 15 is 0 Å². The van der Waals surface area contributed by atoms with E-state index in [1.165, 1.54) is 23.5 Å². The zero-order valence-electron chi connectivity index (χ0n) is 14.7. The lowest BCUT2D eigenvalue weighted by atomic mass is 10.0. The van der Waals surface area contributed by atoms with E-state index in [0.717, 1.165) is 27.2 Å². The first-order valence-corrected chi connectivity index (χ1v) is 10.5. The molecule has 1 aliphatic rings. The van der Waals surface area contributed by atoms with Gasteiger partial charge in [-0.3, -0.25) is 9.48 Å². The molecule has 0 radical (unpaired) electrons. The molecule has 3 aromatic rings. The number of aromatic nitrogens is 2. The van der Waals surface area contributed by atoms with E-state index in [-0.39, 0.29) is 11.7 Å². The van der Waals surface area contributed by atoms with Crippen LogP contribution in [-0.2, 0) is 6.54 Å². The standard InChI is InChI=1S/C19H17FN4OS2/c1-12-15-8-16(17(25)22-19(10-21)6-7-26-11-19)27-18(15)24(23-12)9-13-2-4-14(20)5-3-13/h2-5,8H,6-7,9,11H2,1H3,(H,22,25)/t19-/m1/s1.